The van der Waals surface area contributed by atoms with E-state index >= 15 is 0 Å². The molecule has 1 heterocycles. The molecule has 1 aromatic rings. The van der Waals surface area contributed by atoms with Gasteiger partial charge in [-0.2, -0.15) is 0 Å². The van der Waals surface area contributed by atoms with Crippen molar-refractivity contribution in [3.05, 3.63) is 29.8 Å². The monoisotopic (exact) mass is 262 g/mol. The van der Waals surface area contributed by atoms with Crippen LogP contribution in [0.5, 0.6) is 5.75 Å². The van der Waals surface area contributed by atoms with E-state index in [0.717, 1.165) is 31.6 Å². The van der Waals surface area contributed by atoms with E-state index in [2.05, 4.69) is 24.1 Å². The van der Waals surface area contributed by atoms with Crippen LogP contribution in [-0.4, -0.2) is 35.7 Å². The molecule has 0 aliphatic carbocycles. The van der Waals surface area contributed by atoms with Crippen LogP contribution in [0.4, 0.5) is 0 Å². The van der Waals surface area contributed by atoms with Gasteiger partial charge in [0.15, 0.2) is 0 Å². The maximum Gasteiger partial charge on any atom is 0.120 e. The highest BCUT2D eigenvalue weighted by Crippen LogP contribution is 2.28. The molecule has 1 aliphatic heterocycles. The number of nitrogens with zero attached hydrogens (tertiary/aromatic N) is 1. The van der Waals surface area contributed by atoms with Crippen molar-refractivity contribution < 1.29 is 5.11 Å². The molecule has 19 heavy (non-hydrogen) atoms. The number of benzene rings is 1. The van der Waals surface area contributed by atoms with Crippen LogP contribution in [0.25, 0.3) is 0 Å². The highest BCUT2D eigenvalue weighted by molar-refractivity contribution is 5.34. The lowest BCUT2D eigenvalue weighted by Crippen LogP contribution is -2.39. The highest BCUT2D eigenvalue weighted by atomic mass is 16.3. The molecule has 2 N–H and O–H groups in total. The number of hydrogen-bond donors (Lipinski definition) is 2. The lowest BCUT2D eigenvalue weighted by Gasteiger charge is -2.31. The molecule has 106 valence electrons. The Morgan fingerprint density at radius 1 is 1.42 bits per heavy atom. The van der Waals surface area contributed by atoms with E-state index in [0.29, 0.717) is 11.8 Å². The van der Waals surface area contributed by atoms with Gasteiger partial charge in [-0.1, -0.05) is 25.1 Å². The summed E-state index contributed by atoms with van der Waals surface area (Å²) in [6, 6.07) is 8.58. The van der Waals surface area contributed by atoms with E-state index in [4.69, 9.17) is 0 Å². The second-order valence-corrected chi connectivity index (χ2v) is 5.52. The average Bonchev–Trinajstić information content (AvgIpc) is 2.91. The van der Waals surface area contributed by atoms with Crippen LogP contribution in [0.2, 0.25) is 0 Å². The van der Waals surface area contributed by atoms with Crippen molar-refractivity contribution in [3.8, 4) is 5.75 Å². The minimum absolute atomic E-state index is 0.267. The summed E-state index contributed by atoms with van der Waals surface area (Å²) in [4.78, 5) is 2.48. The van der Waals surface area contributed by atoms with Crippen molar-refractivity contribution in [1.29, 1.82) is 0 Å². The molecule has 2 rings (SSSR count). The zero-order valence-corrected chi connectivity index (χ0v) is 12.1. The molecule has 0 amide bonds. The van der Waals surface area contributed by atoms with E-state index in [1.54, 1.807) is 6.07 Å². The van der Waals surface area contributed by atoms with Gasteiger partial charge < -0.3 is 10.4 Å². The third kappa shape index (κ3) is 3.71. The number of hydrogen-bond acceptors (Lipinski definition) is 3. The van der Waals surface area contributed by atoms with Crippen LogP contribution in [0.1, 0.15) is 44.7 Å². The molecular formula is C16H26N2O. The number of phenolic OH excluding ortho intramolecular Hbond substituents is 1. The van der Waals surface area contributed by atoms with Gasteiger partial charge in [0.05, 0.1) is 0 Å². The topological polar surface area (TPSA) is 35.5 Å². The summed E-state index contributed by atoms with van der Waals surface area (Å²) in [5.74, 6) is 0.412. The van der Waals surface area contributed by atoms with Crippen molar-refractivity contribution in [2.45, 2.75) is 45.2 Å². The first-order valence-corrected chi connectivity index (χ1v) is 7.47. The van der Waals surface area contributed by atoms with Gasteiger partial charge in [0.2, 0.25) is 0 Å². The molecule has 1 aliphatic rings. The number of nitrogens with one attached hydrogen (secondary N) is 1. The SMILES string of the molecule is CCCN(CC1CCCN1)C(C)c1ccccc1O. The van der Waals surface area contributed by atoms with Crippen LogP contribution in [0.15, 0.2) is 24.3 Å². The van der Waals surface area contributed by atoms with E-state index in [-0.39, 0.29) is 6.04 Å². The molecule has 0 saturated carbocycles. The van der Waals surface area contributed by atoms with Crippen molar-refractivity contribution in [2.75, 3.05) is 19.6 Å². The fourth-order valence-electron chi connectivity index (χ4n) is 2.96. The molecule has 2 unspecified atom stereocenters. The van der Waals surface area contributed by atoms with Gasteiger partial charge in [0.1, 0.15) is 5.75 Å². The molecule has 0 aromatic heterocycles. The second-order valence-electron chi connectivity index (χ2n) is 5.52. The maximum atomic E-state index is 10.0. The maximum absolute atomic E-state index is 10.0. The molecule has 2 atom stereocenters. The summed E-state index contributed by atoms with van der Waals surface area (Å²) in [5, 5.41) is 13.6. The zero-order valence-electron chi connectivity index (χ0n) is 12.1. The van der Waals surface area contributed by atoms with E-state index in [1.165, 1.54) is 12.8 Å². The molecule has 1 saturated heterocycles. The molecule has 3 heteroatoms. The van der Waals surface area contributed by atoms with Crippen LogP contribution in [0.3, 0.4) is 0 Å². The minimum atomic E-state index is 0.267. The predicted octanol–water partition coefficient (Wildman–Crippen LogP) is 2.92. The number of para-hydroxylation sites is 1. The quantitative estimate of drug-likeness (QED) is 0.827. The summed E-state index contributed by atoms with van der Waals surface area (Å²) in [6.45, 7) is 7.71. The molecule has 0 spiro atoms. The van der Waals surface area contributed by atoms with Gasteiger partial charge in [-0.05, 0) is 45.3 Å². The van der Waals surface area contributed by atoms with Crippen LogP contribution < -0.4 is 5.32 Å². The molecule has 1 fully saturated rings. The lowest BCUT2D eigenvalue weighted by molar-refractivity contribution is 0.189. The van der Waals surface area contributed by atoms with Crippen LogP contribution in [0, 0.1) is 0 Å². The van der Waals surface area contributed by atoms with Crippen molar-refractivity contribution in [1.82, 2.24) is 10.2 Å². The van der Waals surface area contributed by atoms with Crippen LogP contribution >= 0.6 is 0 Å². The van der Waals surface area contributed by atoms with E-state index in [1.807, 2.05) is 18.2 Å². The number of phenols is 1. The standard InChI is InChI=1S/C16H26N2O/c1-3-11-18(12-14-7-6-10-17-14)13(2)15-8-4-5-9-16(15)19/h4-5,8-9,13-14,17,19H,3,6-7,10-12H2,1-2H3. The van der Waals surface area contributed by atoms with E-state index in [9.17, 15) is 5.11 Å². The smallest absolute Gasteiger partial charge is 0.120 e. The summed E-state index contributed by atoms with van der Waals surface area (Å²) < 4.78 is 0. The number of rotatable bonds is 6. The lowest BCUT2D eigenvalue weighted by atomic mass is 10.0. The van der Waals surface area contributed by atoms with Gasteiger partial charge in [-0.15, -0.1) is 0 Å². The first-order chi connectivity index (χ1) is 9.22. The van der Waals surface area contributed by atoms with Gasteiger partial charge >= 0.3 is 0 Å². The van der Waals surface area contributed by atoms with Crippen molar-refractivity contribution in [3.63, 3.8) is 0 Å². The van der Waals surface area contributed by atoms with Gasteiger partial charge in [-0.3, -0.25) is 4.90 Å². The first kappa shape index (κ1) is 14.4. The summed E-state index contributed by atoms with van der Waals surface area (Å²) in [7, 11) is 0. The van der Waals surface area contributed by atoms with Gasteiger partial charge in [0, 0.05) is 24.2 Å². The fraction of sp³-hybridized carbons (Fsp3) is 0.625. The zero-order chi connectivity index (χ0) is 13.7. The summed E-state index contributed by atoms with van der Waals surface area (Å²) in [5.41, 5.74) is 1.04. The second kappa shape index (κ2) is 6.92. The normalized spacial score (nSPS) is 20.9. The van der Waals surface area contributed by atoms with E-state index < -0.39 is 0 Å². The van der Waals surface area contributed by atoms with Crippen molar-refractivity contribution >= 4 is 0 Å². The Balaban J connectivity index is 2.06. The molecule has 0 bridgehead atoms. The third-order valence-electron chi connectivity index (χ3n) is 4.06. The average molecular weight is 262 g/mol. The Labute approximate surface area is 116 Å². The van der Waals surface area contributed by atoms with Gasteiger partial charge in [-0.25, -0.2) is 0 Å². The Hall–Kier alpha value is -1.06. The van der Waals surface area contributed by atoms with Crippen LogP contribution in [-0.2, 0) is 0 Å². The Morgan fingerprint density at radius 3 is 2.84 bits per heavy atom. The predicted molar refractivity (Wildman–Crippen MR) is 79.4 cm³/mol. The van der Waals surface area contributed by atoms with Gasteiger partial charge in [0.25, 0.3) is 0 Å². The number of aromatic hydroxyl groups is 1. The summed E-state index contributed by atoms with van der Waals surface area (Å²) >= 11 is 0. The largest absolute Gasteiger partial charge is 0.508 e. The third-order valence-corrected chi connectivity index (χ3v) is 4.06. The minimum Gasteiger partial charge on any atom is -0.508 e. The molecular weight excluding hydrogens is 236 g/mol. The fourth-order valence-corrected chi connectivity index (χ4v) is 2.96. The first-order valence-electron chi connectivity index (χ1n) is 7.47. The summed E-state index contributed by atoms with van der Waals surface area (Å²) in [6.07, 6.45) is 3.70. The molecule has 0 radical (unpaired) electrons. The molecule has 3 nitrogen and oxygen atoms in total. The Kier molecular flexibility index (Phi) is 5.23. The Bertz CT molecular complexity index is 388. The highest BCUT2D eigenvalue weighted by Gasteiger charge is 2.22. The van der Waals surface area contributed by atoms with Crippen molar-refractivity contribution in [2.24, 2.45) is 0 Å². The Morgan fingerprint density at radius 2 is 2.21 bits per heavy atom. The molecule has 1 aromatic carbocycles.